The summed E-state index contributed by atoms with van der Waals surface area (Å²) >= 11 is 3.33. The number of nitrogens with one attached hydrogen (secondary N) is 1. The lowest BCUT2D eigenvalue weighted by molar-refractivity contribution is 0.102. The fourth-order valence-corrected chi connectivity index (χ4v) is 2.05. The van der Waals surface area contributed by atoms with Crippen molar-refractivity contribution in [1.82, 2.24) is 0 Å². The fraction of sp³-hybridized carbons (Fsp3) is 0.133. The maximum Gasteiger partial charge on any atom is 0.259 e. The normalized spacial score (nSPS) is 10.2. The summed E-state index contributed by atoms with van der Waals surface area (Å²) in [6.07, 6.45) is 0. The highest BCUT2D eigenvalue weighted by atomic mass is 79.9. The van der Waals surface area contributed by atoms with Gasteiger partial charge in [0.1, 0.15) is 11.6 Å². The van der Waals surface area contributed by atoms with E-state index in [-0.39, 0.29) is 11.7 Å². The second kappa shape index (κ2) is 6.52. The first-order valence-corrected chi connectivity index (χ1v) is 6.88. The molecule has 1 amide bonds. The van der Waals surface area contributed by atoms with Crippen molar-refractivity contribution < 1.29 is 13.9 Å². The number of amides is 1. The zero-order chi connectivity index (χ0) is 14.5. The van der Waals surface area contributed by atoms with E-state index in [2.05, 4.69) is 21.2 Å². The van der Waals surface area contributed by atoms with E-state index in [9.17, 15) is 9.18 Å². The van der Waals surface area contributed by atoms with Crippen LogP contribution in [-0.2, 0) is 0 Å². The zero-order valence-electron chi connectivity index (χ0n) is 10.8. The van der Waals surface area contributed by atoms with Crippen LogP contribution in [0.1, 0.15) is 17.3 Å². The number of anilines is 1. The van der Waals surface area contributed by atoms with Gasteiger partial charge in [-0.05, 0) is 49.4 Å². The SMILES string of the molecule is CCOc1ccc(Br)cc1C(=O)Nc1ccc(F)cc1. The molecule has 1 N–H and O–H groups in total. The molecule has 2 aromatic carbocycles. The lowest BCUT2D eigenvalue weighted by atomic mass is 10.2. The number of benzene rings is 2. The molecule has 0 spiro atoms. The summed E-state index contributed by atoms with van der Waals surface area (Å²) in [5.74, 6) is -0.142. The van der Waals surface area contributed by atoms with Crippen LogP contribution in [0.3, 0.4) is 0 Å². The fourth-order valence-electron chi connectivity index (χ4n) is 1.69. The van der Waals surface area contributed by atoms with Crippen molar-refractivity contribution >= 4 is 27.5 Å². The zero-order valence-corrected chi connectivity index (χ0v) is 12.4. The van der Waals surface area contributed by atoms with Gasteiger partial charge in [-0.3, -0.25) is 4.79 Å². The largest absolute Gasteiger partial charge is 0.493 e. The molecule has 0 radical (unpaired) electrons. The number of carbonyl (C=O) groups excluding carboxylic acids is 1. The third-order valence-corrected chi connectivity index (χ3v) is 3.08. The minimum Gasteiger partial charge on any atom is -0.493 e. The van der Waals surface area contributed by atoms with Gasteiger partial charge in [0, 0.05) is 10.2 Å². The van der Waals surface area contributed by atoms with Crippen LogP contribution < -0.4 is 10.1 Å². The maximum atomic E-state index is 12.8. The van der Waals surface area contributed by atoms with Gasteiger partial charge in [0.05, 0.1) is 12.2 Å². The summed E-state index contributed by atoms with van der Waals surface area (Å²) in [5, 5.41) is 2.71. The van der Waals surface area contributed by atoms with Crippen molar-refractivity contribution in [2.75, 3.05) is 11.9 Å². The van der Waals surface area contributed by atoms with E-state index in [0.717, 1.165) is 4.47 Å². The van der Waals surface area contributed by atoms with Gasteiger partial charge in [0.2, 0.25) is 0 Å². The number of carbonyl (C=O) groups is 1. The number of rotatable bonds is 4. The van der Waals surface area contributed by atoms with E-state index in [0.29, 0.717) is 23.6 Å². The lowest BCUT2D eigenvalue weighted by Crippen LogP contribution is -2.13. The molecular weight excluding hydrogens is 325 g/mol. The molecule has 0 fully saturated rings. The monoisotopic (exact) mass is 337 g/mol. The summed E-state index contributed by atoms with van der Waals surface area (Å²) in [7, 11) is 0. The smallest absolute Gasteiger partial charge is 0.259 e. The lowest BCUT2D eigenvalue weighted by Gasteiger charge is -2.11. The average Bonchev–Trinajstić information content (AvgIpc) is 2.43. The minimum absolute atomic E-state index is 0.304. The molecule has 5 heteroatoms. The van der Waals surface area contributed by atoms with Gasteiger partial charge >= 0.3 is 0 Å². The minimum atomic E-state index is -0.347. The molecule has 0 aliphatic heterocycles. The van der Waals surface area contributed by atoms with Gasteiger partial charge < -0.3 is 10.1 Å². The van der Waals surface area contributed by atoms with Gasteiger partial charge in [-0.2, -0.15) is 0 Å². The van der Waals surface area contributed by atoms with Crippen molar-refractivity contribution in [1.29, 1.82) is 0 Å². The van der Waals surface area contributed by atoms with Gasteiger partial charge in [0.25, 0.3) is 5.91 Å². The maximum absolute atomic E-state index is 12.8. The molecule has 0 saturated carbocycles. The highest BCUT2D eigenvalue weighted by molar-refractivity contribution is 9.10. The Morgan fingerprint density at radius 1 is 1.25 bits per heavy atom. The molecule has 2 rings (SSSR count). The number of halogens is 2. The summed E-state index contributed by atoms with van der Waals surface area (Å²) < 4.78 is 19.0. The summed E-state index contributed by atoms with van der Waals surface area (Å²) in [6.45, 7) is 2.32. The Kier molecular flexibility index (Phi) is 4.74. The van der Waals surface area contributed by atoms with E-state index in [4.69, 9.17) is 4.74 Å². The second-order valence-corrected chi connectivity index (χ2v) is 4.95. The van der Waals surface area contributed by atoms with Gasteiger partial charge in [-0.25, -0.2) is 4.39 Å². The Labute approximate surface area is 124 Å². The van der Waals surface area contributed by atoms with Crippen molar-refractivity contribution in [3.05, 3.63) is 58.3 Å². The topological polar surface area (TPSA) is 38.3 Å². The van der Waals surface area contributed by atoms with Crippen LogP contribution in [0.2, 0.25) is 0 Å². The Hall–Kier alpha value is -1.88. The number of ether oxygens (including phenoxy) is 1. The molecule has 0 unspecified atom stereocenters. The van der Waals surface area contributed by atoms with E-state index < -0.39 is 0 Å². The highest BCUT2D eigenvalue weighted by Gasteiger charge is 2.13. The van der Waals surface area contributed by atoms with Crippen molar-refractivity contribution in [2.45, 2.75) is 6.92 Å². The quantitative estimate of drug-likeness (QED) is 0.906. The first-order valence-electron chi connectivity index (χ1n) is 6.09. The third kappa shape index (κ3) is 3.57. The van der Waals surface area contributed by atoms with E-state index in [1.54, 1.807) is 18.2 Å². The molecule has 0 saturated heterocycles. The summed E-state index contributed by atoms with van der Waals surface area (Å²) in [5.41, 5.74) is 0.948. The number of hydrogen-bond donors (Lipinski definition) is 1. The average molecular weight is 338 g/mol. The Bertz CT molecular complexity index is 614. The third-order valence-electron chi connectivity index (χ3n) is 2.59. The standard InChI is InChI=1S/C15H13BrFNO2/c1-2-20-14-8-3-10(16)9-13(14)15(19)18-12-6-4-11(17)5-7-12/h3-9H,2H2,1H3,(H,18,19). The predicted molar refractivity (Wildman–Crippen MR) is 79.7 cm³/mol. The molecule has 20 heavy (non-hydrogen) atoms. The van der Waals surface area contributed by atoms with Crippen LogP contribution in [-0.4, -0.2) is 12.5 Å². The Morgan fingerprint density at radius 2 is 1.95 bits per heavy atom. The molecule has 0 bridgehead atoms. The highest BCUT2D eigenvalue weighted by Crippen LogP contribution is 2.24. The van der Waals surface area contributed by atoms with Gasteiger partial charge in [-0.1, -0.05) is 15.9 Å². The molecule has 104 valence electrons. The van der Waals surface area contributed by atoms with Crippen molar-refractivity contribution in [3.8, 4) is 5.75 Å². The predicted octanol–water partition coefficient (Wildman–Crippen LogP) is 4.24. The van der Waals surface area contributed by atoms with Gasteiger partial charge in [-0.15, -0.1) is 0 Å². The van der Waals surface area contributed by atoms with Gasteiger partial charge in [0.15, 0.2) is 0 Å². The molecule has 2 aromatic rings. The summed E-state index contributed by atoms with van der Waals surface area (Å²) in [4.78, 5) is 12.2. The number of hydrogen-bond acceptors (Lipinski definition) is 2. The van der Waals surface area contributed by atoms with Crippen LogP contribution in [0, 0.1) is 5.82 Å². The van der Waals surface area contributed by atoms with E-state index in [1.807, 2.05) is 6.92 Å². The van der Waals surface area contributed by atoms with Crippen LogP contribution in [0.4, 0.5) is 10.1 Å². The molecule has 3 nitrogen and oxygen atoms in total. The molecular formula is C15H13BrFNO2. The molecule has 0 aliphatic carbocycles. The summed E-state index contributed by atoms with van der Waals surface area (Å²) in [6, 6.07) is 10.8. The molecule has 0 aliphatic rings. The molecule has 0 aromatic heterocycles. The molecule has 0 atom stereocenters. The van der Waals surface area contributed by atoms with Crippen LogP contribution in [0.25, 0.3) is 0 Å². The Morgan fingerprint density at radius 3 is 2.60 bits per heavy atom. The Balaban J connectivity index is 2.23. The molecule has 0 heterocycles. The first kappa shape index (κ1) is 14.5. The first-order chi connectivity index (χ1) is 9.60. The van der Waals surface area contributed by atoms with Crippen LogP contribution >= 0.6 is 15.9 Å². The van der Waals surface area contributed by atoms with E-state index in [1.165, 1.54) is 24.3 Å². The van der Waals surface area contributed by atoms with E-state index >= 15 is 0 Å². The van der Waals surface area contributed by atoms with Crippen LogP contribution in [0.15, 0.2) is 46.9 Å². The van der Waals surface area contributed by atoms with Crippen molar-refractivity contribution in [3.63, 3.8) is 0 Å². The van der Waals surface area contributed by atoms with Crippen molar-refractivity contribution in [2.24, 2.45) is 0 Å². The van der Waals surface area contributed by atoms with Crippen LogP contribution in [0.5, 0.6) is 5.75 Å². The second-order valence-electron chi connectivity index (χ2n) is 4.03.